The fourth-order valence-electron chi connectivity index (χ4n) is 2.59. The minimum atomic E-state index is -3.72. The van der Waals surface area contributed by atoms with Gasteiger partial charge in [-0.15, -0.1) is 0 Å². The second kappa shape index (κ2) is 8.75. The Kier molecular flexibility index (Phi) is 6.63. The van der Waals surface area contributed by atoms with Gasteiger partial charge < -0.3 is 14.8 Å². The first-order chi connectivity index (χ1) is 13.2. The molecule has 0 bridgehead atoms. The molecule has 0 saturated heterocycles. The predicted molar refractivity (Wildman–Crippen MR) is 106 cm³/mol. The van der Waals surface area contributed by atoms with Crippen LogP contribution in [0, 0.1) is 0 Å². The van der Waals surface area contributed by atoms with Crippen LogP contribution in [0.2, 0.25) is 0 Å². The van der Waals surface area contributed by atoms with Crippen LogP contribution in [-0.2, 0) is 19.6 Å². The predicted octanol–water partition coefficient (Wildman–Crippen LogP) is 2.28. The summed E-state index contributed by atoms with van der Waals surface area (Å²) < 4.78 is 35.3. The molecule has 0 heterocycles. The molecule has 1 atom stereocenters. The fourth-order valence-corrected chi connectivity index (χ4v) is 3.77. The van der Waals surface area contributed by atoms with Crippen LogP contribution in [0.1, 0.15) is 17.3 Å². The number of hydrogen-bond acceptors (Lipinski definition) is 6. The largest absolute Gasteiger partial charge is 0.497 e. The van der Waals surface area contributed by atoms with Crippen LogP contribution in [-0.4, -0.2) is 46.8 Å². The van der Waals surface area contributed by atoms with Gasteiger partial charge in [0.05, 0.1) is 31.7 Å². The zero-order valence-corrected chi connectivity index (χ0v) is 16.8. The lowest BCUT2D eigenvalue weighted by Crippen LogP contribution is -2.45. The molecule has 150 valence electrons. The van der Waals surface area contributed by atoms with Crippen LogP contribution in [0.5, 0.6) is 5.75 Å². The summed E-state index contributed by atoms with van der Waals surface area (Å²) >= 11 is 0. The van der Waals surface area contributed by atoms with Gasteiger partial charge in [0.1, 0.15) is 11.8 Å². The van der Waals surface area contributed by atoms with Crippen molar-refractivity contribution in [1.29, 1.82) is 0 Å². The second-order valence-corrected chi connectivity index (χ2v) is 7.85. The number of amides is 1. The summed E-state index contributed by atoms with van der Waals surface area (Å²) in [5.41, 5.74) is 1.10. The van der Waals surface area contributed by atoms with Crippen molar-refractivity contribution in [1.82, 2.24) is 0 Å². The van der Waals surface area contributed by atoms with Gasteiger partial charge in [-0.3, -0.25) is 9.10 Å². The fraction of sp³-hybridized carbons (Fsp3) is 0.263. The third-order valence-electron chi connectivity index (χ3n) is 3.99. The Morgan fingerprint density at radius 3 is 2.04 bits per heavy atom. The summed E-state index contributed by atoms with van der Waals surface area (Å²) in [4.78, 5) is 24.1. The van der Waals surface area contributed by atoms with E-state index in [2.05, 4.69) is 10.1 Å². The van der Waals surface area contributed by atoms with E-state index in [1.54, 1.807) is 24.3 Å². The van der Waals surface area contributed by atoms with Crippen molar-refractivity contribution in [2.24, 2.45) is 0 Å². The summed E-state index contributed by atoms with van der Waals surface area (Å²) in [7, 11) is -0.944. The molecular weight excluding hydrogens is 384 g/mol. The van der Waals surface area contributed by atoms with Crippen molar-refractivity contribution < 1.29 is 27.5 Å². The quantitative estimate of drug-likeness (QED) is 0.708. The van der Waals surface area contributed by atoms with Gasteiger partial charge in [0.25, 0.3) is 0 Å². The third kappa shape index (κ3) is 5.01. The number of benzene rings is 2. The Morgan fingerprint density at radius 2 is 1.57 bits per heavy atom. The Labute approximate surface area is 164 Å². The molecule has 0 unspecified atom stereocenters. The van der Waals surface area contributed by atoms with E-state index in [1.165, 1.54) is 45.4 Å². The molecule has 0 aliphatic heterocycles. The highest BCUT2D eigenvalue weighted by Gasteiger charge is 2.29. The molecule has 0 spiro atoms. The number of carbonyl (C=O) groups is 2. The van der Waals surface area contributed by atoms with Gasteiger partial charge in [0.15, 0.2) is 0 Å². The maximum Gasteiger partial charge on any atom is 0.337 e. The van der Waals surface area contributed by atoms with E-state index in [9.17, 15) is 18.0 Å². The number of carbonyl (C=O) groups excluding carboxylic acids is 2. The van der Waals surface area contributed by atoms with Crippen molar-refractivity contribution in [2.75, 3.05) is 30.1 Å². The van der Waals surface area contributed by atoms with Crippen LogP contribution < -0.4 is 14.4 Å². The molecule has 8 nitrogen and oxygen atoms in total. The highest BCUT2D eigenvalue weighted by atomic mass is 32.2. The Morgan fingerprint density at radius 1 is 1.00 bits per heavy atom. The van der Waals surface area contributed by atoms with Crippen LogP contribution in [0.25, 0.3) is 0 Å². The normalized spacial score (nSPS) is 12.0. The van der Waals surface area contributed by atoms with E-state index in [1.807, 2.05) is 0 Å². The number of nitrogens with zero attached hydrogens (tertiary/aromatic N) is 1. The molecule has 1 N–H and O–H groups in total. The van der Waals surface area contributed by atoms with Gasteiger partial charge in [-0.2, -0.15) is 0 Å². The summed E-state index contributed by atoms with van der Waals surface area (Å²) in [5.74, 6) is -0.443. The highest BCUT2D eigenvalue weighted by molar-refractivity contribution is 7.92. The van der Waals surface area contributed by atoms with Gasteiger partial charge >= 0.3 is 5.97 Å². The number of anilines is 2. The van der Waals surface area contributed by atoms with Crippen LogP contribution >= 0.6 is 0 Å². The van der Waals surface area contributed by atoms with Crippen LogP contribution in [0.15, 0.2) is 48.5 Å². The molecule has 2 aromatic carbocycles. The number of ether oxygens (including phenoxy) is 2. The molecule has 9 heteroatoms. The number of nitrogens with one attached hydrogen (secondary N) is 1. The second-order valence-electron chi connectivity index (χ2n) is 5.99. The van der Waals surface area contributed by atoms with E-state index in [-0.39, 0.29) is 0 Å². The Bertz CT molecular complexity index is 939. The summed E-state index contributed by atoms with van der Waals surface area (Å²) in [6.45, 7) is 1.49. The molecule has 2 aromatic rings. The van der Waals surface area contributed by atoms with Crippen molar-refractivity contribution in [2.45, 2.75) is 13.0 Å². The Balaban J connectivity index is 2.22. The summed E-state index contributed by atoms with van der Waals surface area (Å²) in [5, 5.41) is 2.65. The lowest BCUT2D eigenvalue weighted by atomic mass is 10.2. The average Bonchev–Trinajstić information content (AvgIpc) is 2.67. The van der Waals surface area contributed by atoms with E-state index in [0.717, 1.165) is 10.6 Å². The molecule has 0 saturated carbocycles. The van der Waals surface area contributed by atoms with Crippen molar-refractivity contribution in [3.63, 3.8) is 0 Å². The van der Waals surface area contributed by atoms with Crippen LogP contribution in [0.4, 0.5) is 11.4 Å². The van der Waals surface area contributed by atoms with Gasteiger partial charge in [0.2, 0.25) is 15.9 Å². The standard InChI is InChI=1S/C19H22N2O6S/c1-13(18(22)20-15-7-5-14(6-8-15)19(23)27-3)21(28(4,24)25)16-9-11-17(26-2)12-10-16/h5-13H,1-4H3,(H,20,22)/t13-/m0/s1. The number of methoxy groups -OCH3 is 2. The minimum absolute atomic E-state index is 0.338. The minimum Gasteiger partial charge on any atom is -0.497 e. The highest BCUT2D eigenvalue weighted by Crippen LogP contribution is 2.24. The maximum absolute atomic E-state index is 12.6. The van der Waals surface area contributed by atoms with E-state index in [0.29, 0.717) is 22.7 Å². The van der Waals surface area contributed by atoms with Gasteiger partial charge in [-0.25, -0.2) is 13.2 Å². The molecular formula is C19H22N2O6S. The number of rotatable bonds is 7. The van der Waals surface area contributed by atoms with Gasteiger partial charge in [0, 0.05) is 5.69 Å². The topological polar surface area (TPSA) is 102 Å². The lowest BCUT2D eigenvalue weighted by Gasteiger charge is -2.28. The SMILES string of the molecule is COC(=O)c1ccc(NC(=O)[C@H](C)N(c2ccc(OC)cc2)S(C)(=O)=O)cc1. The van der Waals surface area contributed by atoms with Crippen molar-refractivity contribution in [3.8, 4) is 5.75 Å². The smallest absolute Gasteiger partial charge is 0.337 e. The molecule has 1 amide bonds. The molecule has 28 heavy (non-hydrogen) atoms. The molecule has 0 radical (unpaired) electrons. The summed E-state index contributed by atoms with van der Waals surface area (Å²) in [6, 6.07) is 11.4. The third-order valence-corrected chi connectivity index (χ3v) is 5.23. The van der Waals surface area contributed by atoms with E-state index < -0.39 is 27.9 Å². The van der Waals surface area contributed by atoms with Gasteiger partial charge in [-0.05, 0) is 55.5 Å². The number of sulfonamides is 1. The first-order valence-electron chi connectivity index (χ1n) is 8.30. The van der Waals surface area contributed by atoms with Crippen molar-refractivity contribution >= 4 is 33.3 Å². The van der Waals surface area contributed by atoms with E-state index >= 15 is 0 Å². The number of esters is 1. The molecule has 2 rings (SSSR count). The number of hydrogen-bond donors (Lipinski definition) is 1. The van der Waals surface area contributed by atoms with Gasteiger partial charge in [-0.1, -0.05) is 0 Å². The zero-order chi connectivity index (χ0) is 20.9. The Hall–Kier alpha value is -3.07. The molecule has 0 aromatic heterocycles. The monoisotopic (exact) mass is 406 g/mol. The van der Waals surface area contributed by atoms with Crippen molar-refractivity contribution in [3.05, 3.63) is 54.1 Å². The maximum atomic E-state index is 12.6. The first-order valence-corrected chi connectivity index (χ1v) is 10.1. The molecule has 0 aliphatic rings. The van der Waals surface area contributed by atoms with E-state index in [4.69, 9.17) is 4.74 Å². The van der Waals surface area contributed by atoms with Crippen LogP contribution in [0.3, 0.4) is 0 Å². The summed E-state index contributed by atoms with van der Waals surface area (Å²) in [6.07, 6.45) is 1.03. The zero-order valence-electron chi connectivity index (χ0n) is 16.0. The lowest BCUT2D eigenvalue weighted by molar-refractivity contribution is -0.116. The first kappa shape index (κ1) is 21.2. The molecule has 0 fully saturated rings. The average molecular weight is 406 g/mol. The molecule has 0 aliphatic carbocycles.